The standard InChI is InChI=1S/C24H23Cl2FN2O3S2/c1-17-2-8-21(9-3-17)29(34(31,32)22-10-6-20(27)7-11-22)15-24(30)28-12-13-33-16-18-4-5-19(25)14-23(18)26/h2-11,14H,12-13,15-16H2,1H3,(H,28,30). The van der Waals surface area contributed by atoms with Crippen molar-refractivity contribution in [1.82, 2.24) is 5.32 Å². The molecule has 3 aromatic carbocycles. The van der Waals surface area contributed by atoms with Crippen molar-refractivity contribution in [2.24, 2.45) is 0 Å². The minimum absolute atomic E-state index is 0.0994. The molecule has 0 spiro atoms. The first kappa shape index (κ1) is 26.3. The molecule has 3 aromatic rings. The molecule has 0 atom stereocenters. The van der Waals surface area contributed by atoms with Crippen LogP contribution in [-0.2, 0) is 20.6 Å². The largest absolute Gasteiger partial charge is 0.354 e. The van der Waals surface area contributed by atoms with Crippen LogP contribution >= 0.6 is 35.0 Å². The Labute approximate surface area is 213 Å². The average molecular weight is 541 g/mol. The molecule has 0 fully saturated rings. The van der Waals surface area contributed by atoms with Gasteiger partial charge in [0, 0.05) is 28.1 Å². The summed E-state index contributed by atoms with van der Waals surface area (Å²) in [6, 6.07) is 16.6. The molecule has 0 aliphatic carbocycles. The second-order valence-corrected chi connectivity index (χ2v) is 11.3. The summed E-state index contributed by atoms with van der Waals surface area (Å²) in [5, 5.41) is 3.91. The first-order valence-corrected chi connectivity index (χ1v) is 13.7. The number of nitrogens with one attached hydrogen (secondary N) is 1. The van der Waals surface area contributed by atoms with E-state index in [0.29, 0.717) is 33.8 Å². The monoisotopic (exact) mass is 540 g/mol. The number of sulfonamides is 1. The molecule has 180 valence electrons. The van der Waals surface area contributed by atoms with E-state index in [2.05, 4.69) is 5.32 Å². The second kappa shape index (κ2) is 11.9. The Morgan fingerprint density at radius 3 is 2.35 bits per heavy atom. The van der Waals surface area contributed by atoms with E-state index in [1.54, 1.807) is 48.2 Å². The van der Waals surface area contributed by atoms with Gasteiger partial charge in [-0.05, 0) is 61.0 Å². The first-order chi connectivity index (χ1) is 16.2. The number of carbonyl (C=O) groups excluding carboxylic acids is 1. The molecule has 10 heteroatoms. The molecule has 0 heterocycles. The normalized spacial score (nSPS) is 11.3. The lowest BCUT2D eigenvalue weighted by atomic mass is 10.2. The highest BCUT2D eigenvalue weighted by atomic mass is 35.5. The van der Waals surface area contributed by atoms with Crippen molar-refractivity contribution in [3.63, 3.8) is 0 Å². The fourth-order valence-electron chi connectivity index (χ4n) is 3.03. The lowest BCUT2D eigenvalue weighted by Gasteiger charge is -2.24. The van der Waals surface area contributed by atoms with E-state index < -0.39 is 28.3 Å². The molecule has 0 aliphatic heterocycles. The van der Waals surface area contributed by atoms with Gasteiger partial charge in [0.25, 0.3) is 10.0 Å². The summed E-state index contributed by atoms with van der Waals surface area (Å²) in [7, 11) is -4.08. The fraction of sp³-hybridized carbons (Fsp3) is 0.208. The molecular weight excluding hydrogens is 518 g/mol. The van der Waals surface area contributed by atoms with Crippen LogP contribution < -0.4 is 9.62 Å². The minimum Gasteiger partial charge on any atom is -0.354 e. The maximum atomic E-state index is 13.3. The Bertz CT molecular complexity index is 1240. The van der Waals surface area contributed by atoms with Gasteiger partial charge in [-0.15, -0.1) is 0 Å². The zero-order valence-electron chi connectivity index (χ0n) is 18.3. The topological polar surface area (TPSA) is 66.5 Å². The molecule has 1 N–H and O–H groups in total. The van der Waals surface area contributed by atoms with Gasteiger partial charge in [0.05, 0.1) is 10.6 Å². The van der Waals surface area contributed by atoms with Gasteiger partial charge in [0.1, 0.15) is 12.4 Å². The van der Waals surface area contributed by atoms with Crippen molar-refractivity contribution in [1.29, 1.82) is 0 Å². The smallest absolute Gasteiger partial charge is 0.264 e. The molecule has 1 amide bonds. The first-order valence-electron chi connectivity index (χ1n) is 10.3. The maximum absolute atomic E-state index is 13.3. The molecular formula is C24H23Cl2FN2O3S2. The van der Waals surface area contributed by atoms with Crippen LogP contribution in [0.15, 0.2) is 71.6 Å². The zero-order valence-corrected chi connectivity index (χ0v) is 21.4. The van der Waals surface area contributed by atoms with Crippen LogP contribution in [0, 0.1) is 12.7 Å². The molecule has 0 aliphatic rings. The van der Waals surface area contributed by atoms with Gasteiger partial charge in [-0.2, -0.15) is 11.8 Å². The zero-order chi connectivity index (χ0) is 24.7. The van der Waals surface area contributed by atoms with Crippen LogP contribution in [0.2, 0.25) is 10.0 Å². The lowest BCUT2D eigenvalue weighted by Crippen LogP contribution is -2.41. The van der Waals surface area contributed by atoms with Gasteiger partial charge in [0.2, 0.25) is 5.91 Å². The number of hydrogen-bond donors (Lipinski definition) is 1. The Kier molecular flexibility index (Phi) is 9.24. The Morgan fingerprint density at radius 1 is 1.03 bits per heavy atom. The van der Waals surface area contributed by atoms with Crippen molar-refractivity contribution in [3.8, 4) is 0 Å². The van der Waals surface area contributed by atoms with E-state index in [-0.39, 0.29) is 4.90 Å². The number of rotatable bonds is 10. The predicted molar refractivity (Wildman–Crippen MR) is 138 cm³/mol. The molecule has 34 heavy (non-hydrogen) atoms. The summed E-state index contributed by atoms with van der Waals surface area (Å²) >= 11 is 13.7. The highest BCUT2D eigenvalue weighted by Crippen LogP contribution is 2.25. The Balaban J connectivity index is 1.63. The molecule has 0 saturated heterocycles. The number of hydrogen-bond acceptors (Lipinski definition) is 4. The van der Waals surface area contributed by atoms with E-state index in [9.17, 15) is 17.6 Å². The van der Waals surface area contributed by atoms with Crippen molar-refractivity contribution in [2.75, 3.05) is 23.1 Å². The van der Waals surface area contributed by atoms with Crippen LogP contribution in [-0.4, -0.2) is 33.2 Å². The fourth-order valence-corrected chi connectivity index (χ4v) is 5.87. The van der Waals surface area contributed by atoms with Crippen LogP contribution in [0.1, 0.15) is 11.1 Å². The number of nitrogens with zero attached hydrogens (tertiary/aromatic N) is 1. The van der Waals surface area contributed by atoms with Crippen LogP contribution in [0.25, 0.3) is 0 Å². The number of benzene rings is 3. The molecule has 0 bridgehead atoms. The number of aryl methyl sites for hydroxylation is 1. The van der Waals surface area contributed by atoms with Gasteiger partial charge in [-0.25, -0.2) is 12.8 Å². The highest BCUT2D eigenvalue weighted by molar-refractivity contribution is 7.98. The van der Waals surface area contributed by atoms with Crippen LogP contribution in [0.5, 0.6) is 0 Å². The van der Waals surface area contributed by atoms with Crippen molar-refractivity contribution >= 4 is 56.6 Å². The highest BCUT2D eigenvalue weighted by Gasteiger charge is 2.27. The van der Waals surface area contributed by atoms with Gasteiger partial charge >= 0.3 is 0 Å². The molecule has 3 rings (SSSR count). The SMILES string of the molecule is Cc1ccc(N(CC(=O)NCCSCc2ccc(Cl)cc2Cl)S(=O)(=O)c2ccc(F)cc2)cc1. The molecule has 0 radical (unpaired) electrons. The summed E-state index contributed by atoms with van der Waals surface area (Å²) in [6.07, 6.45) is 0. The third-order valence-corrected chi connectivity index (χ3v) is 8.24. The lowest BCUT2D eigenvalue weighted by molar-refractivity contribution is -0.119. The number of anilines is 1. The van der Waals surface area contributed by atoms with E-state index in [1.165, 1.54) is 12.1 Å². The third kappa shape index (κ3) is 7.12. The average Bonchev–Trinajstić information content (AvgIpc) is 2.79. The van der Waals surface area contributed by atoms with Gasteiger partial charge in [-0.1, -0.05) is 47.0 Å². The van der Waals surface area contributed by atoms with Gasteiger partial charge < -0.3 is 5.32 Å². The number of halogens is 3. The molecule has 0 saturated carbocycles. The summed E-state index contributed by atoms with van der Waals surface area (Å²) in [5.41, 5.74) is 2.24. The van der Waals surface area contributed by atoms with Crippen LogP contribution in [0.3, 0.4) is 0 Å². The van der Waals surface area contributed by atoms with Crippen LogP contribution in [0.4, 0.5) is 10.1 Å². The molecule has 5 nitrogen and oxygen atoms in total. The molecule has 0 aromatic heterocycles. The summed E-state index contributed by atoms with van der Waals surface area (Å²) in [4.78, 5) is 12.5. The summed E-state index contributed by atoms with van der Waals surface area (Å²) < 4.78 is 40.8. The Morgan fingerprint density at radius 2 is 1.71 bits per heavy atom. The van der Waals surface area contributed by atoms with E-state index >= 15 is 0 Å². The Hall–Kier alpha value is -2.26. The molecule has 0 unspecified atom stereocenters. The van der Waals surface area contributed by atoms with Gasteiger partial charge in [0.15, 0.2) is 0 Å². The quantitative estimate of drug-likeness (QED) is 0.335. The second-order valence-electron chi connectivity index (χ2n) is 7.44. The van der Waals surface area contributed by atoms with E-state index in [1.807, 2.05) is 13.0 Å². The summed E-state index contributed by atoms with van der Waals surface area (Å²) in [6.45, 7) is 1.83. The van der Waals surface area contributed by atoms with Gasteiger partial charge in [-0.3, -0.25) is 9.10 Å². The minimum atomic E-state index is -4.08. The van der Waals surface area contributed by atoms with Crippen molar-refractivity contribution in [3.05, 3.63) is 93.7 Å². The summed E-state index contributed by atoms with van der Waals surface area (Å²) in [5.74, 6) is 0.271. The maximum Gasteiger partial charge on any atom is 0.264 e. The third-order valence-electron chi connectivity index (χ3n) is 4.85. The predicted octanol–water partition coefficient (Wildman–Crippen LogP) is 5.69. The van der Waals surface area contributed by atoms with E-state index in [4.69, 9.17) is 23.2 Å². The number of carbonyl (C=O) groups is 1. The number of thioether (sulfide) groups is 1. The van der Waals surface area contributed by atoms with E-state index in [0.717, 1.165) is 27.6 Å². The van der Waals surface area contributed by atoms with Crippen molar-refractivity contribution in [2.45, 2.75) is 17.6 Å². The van der Waals surface area contributed by atoms with Crippen molar-refractivity contribution < 1.29 is 17.6 Å². The number of amides is 1.